The number of rotatable bonds is 5. The molecule has 4 aliphatic rings. The molecule has 4 saturated carbocycles. The average molecular weight is 363 g/mol. The SMILES string of the molecule is C[C@H](NC(=O)CSc1nc(N)nc(N)n1)C12CC3CC(CC(C3)C1)C2. The summed E-state index contributed by atoms with van der Waals surface area (Å²) in [7, 11) is 0. The Balaban J connectivity index is 1.34. The Morgan fingerprint density at radius 1 is 1.12 bits per heavy atom. The first-order chi connectivity index (χ1) is 11.9. The highest BCUT2D eigenvalue weighted by Crippen LogP contribution is 2.61. The van der Waals surface area contributed by atoms with Crippen LogP contribution in [0.3, 0.4) is 0 Å². The highest BCUT2D eigenvalue weighted by Gasteiger charge is 2.53. The number of nitrogens with two attached hydrogens (primary N) is 2. The standard InChI is InChI=1S/C17H26N6OS/c1-9(17-5-10-2-11(6-17)4-12(3-10)7-17)20-13(24)8-25-16-22-14(18)21-15(19)23-16/h9-12H,2-8H2,1H3,(H,20,24)(H4,18,19,21,22,23)/t9-,10?,11?,12?,17?/m0/s1. The number of nitrogens with zero attached hydrogens (tertiary/aromatic N) is 3. The number of nitrogens with one attached hydrogen (secondary N) is 1. The lowest BCUT2D eigenvalue weighted by Crippen LogP contribution is -2.56. The van der Waals surface area contributed by atoms with Crippen LogP contribution in [0.4, 0.5) is 11.9 Å². The molecule has 4 bridgehead atoms. The first kappa shape index (κ1) is 16.9. The van der Waals surface area contributed by atoms with E-state index in [1.807, 2.05) is 0 Å². The van der Waals surface area contributed by atoms with Crippen LogP contribution in [0.1, 0.15) is 45.4 Å². The number of thioether (sulfide) groups is 1. The summed E-state index contributed by atoms with van der Waals surface area (Å²) in [6, 6.07) is 0.225. The van der Waals surface area contributed by atoms with Gasteiger partial charge in [0.15, 0.2) is 5.16 Å². The molecule has 0 unspecified atom stereocenters. The molecule has 4 aliphatic carbocycles. The summed E-state index contributed by atoms with van der Waals surface area (Å²) in [5, 5.41) is 3.63. The largest absolute Gasteiger partial charge is 0.368 e. The summed E-state index contributed by atoms with van der Waals surface area (Å²) in [6.07, 6.45) is 8.10. The lowest BCUT2D eigenvalue weighted by molar-refractivity contribution is -0.123. The van der Waals surface area contributed by atoms with Gasteiger partial charge in [-0.25, -0.2) is 0 Å². The molecule has 7 nitrogen and oxygen atoms in total. The molecule has 1 amide bonds. The number of amides is 1. The monoisotopic (exact) mass is 362 g/mol. The zero-order chi connectivity index (χ0) is 17.6. The van der Waals surface area contributed by atoms with Crippen LogP contribution in [0.5, 0.6) is 0 Å². The zero-order valence-electron chi connectivity index (χ0n) is 14.6. The van der Waals surface area contributed by atoms with Crippen molar-refractivity contribution < 1.29 is 4.79 Å². The van der Waals surface area contributed by atoms with Crippen LogP contribution in [-0.2, 0) is 4.79 Å². The third-order valence-corrected chi connectivity index (χ3v) is 7.21. The summed E-state index contributed by atoms with van der Waals surface area (Å²) < 4.78 is 0. The van der Waals surface area contributed by atoms with E-state index in [9.17, 15) is 4.79 Å². The van der Waals surface area contributed by atoms with Crippen molar-refractivity contribution in [3.63, 3.8) is 0 Å². The molecule has 0 radical (unpaired) electrons. The second-order valence-electron chi connectivity index (χ2n) is 8.19. The van der Waals surface area contributed by atoms with Crippen molar-refractivity contribution in [3.05, 3.63) is 0 Å². The van der Waals surface area contributed by atoms with Crippen molar-refractivity contribution in [2.24, 2.45) is 23.2 Å². The third-order valence-electron chi connectivity index (χ3n) is 6.36. The number of carbonyl (C=O) groups excluding carboxylic acids is 1. The van der Waals surface area contributed by atoms with Gasteiger partial charge in [-0.15, -0.1) is 0 Å². The van der Waals surface area contributed by atoms with Gasteiger partial charge >= 0.3 is 0 Å². The maximum atomic E-state index is 12.4. The Bertz CT molecular complexity index is 626. The molecule has 1 aromatic rings. The quantitative estimate of drug-likeness (QED) is 0.684. The molecule has 4 fully saturated rings. The van der Waals surface area contributed by atoms with Crippen LogP contribution >= 0.6 is 11.8 Å². The second kappa shape index (κ2) is 6.30. The van der Waals surface area contributed by atoms with Crippen LogP contribution in [0.2, 0.25) is 0 Å². The summed E-state index contributed by atoms with van der Waals surface area (Å²) in [4.78, 5) is 24.2. The van der Waals surface area contributed by atoms with E-state index in [0.717, 1.165) is 17.8 Å². The fourth-order valence-corrected chi connectivity index (χ4v) is 6.39. The fraction of sp³-hybridized carbons (Fsp3) is 0.765. The van der Waals surface area contributed by atoms with Gasteiger partial charge in [0.25, 0.3) is 0 Å². The summed E-state index contributed by atoms with van der Waals surface area (Å²) in [6.45, 7) is 2.19. The van der Waals surface area contributed by atoms with Crippen molar-refractivity contribution in [2.75, 3.05) is 17.2 Å². The van der Waals surface area contributed by atoms with Gasteiger partial charge in [0.05, 0.1) is 5.75 Å². The summed E-state index contributed by atoms with van der Waals surface area (Å²) in [5.41, 5.74) is 11.4. The summed E-state index contributed by atoms with van der Waals surface area (Å²) in [5.74, 6) is 3.10. The number of hydrogen-bond donors (Lipinski definition) is 3. The number of aromatic nitrogens is 3. The van der Waals surface area contributed by atoms with Crippen molar-refractivity contribution in [1.82, 2.24) is 20.3 Å². The number of anilines is 2. The van der Waals surface area contributed by atoms with E-state index in [4.69, 9.17) is 11.5 Å². The van der Waals surface area contributed by atoms with E-state index >= 15 is 0 Å². The highest BCUT2D eigenvalue weighted by molar-refractivity contribution is 7.99. The molecule has 1 aromatic heterocycles. The van der Waals surface area contributed by atoms with Crippen molar-refractivity contribution in [3.8, 4) is 0 Å². The predicted octanol–water partition coefficient (Wildman–Crippen LogP) is 1.85. The molecule has 5 rings (SSSR count). The van der Waals surface area contributed by atoms with E-state index < -0.39 is 0 Å². The molecule has 0 aliphatic heterocycles. The molecule has 1 heterocycles. The molecule has 8 heteroatoms. The second-order valence-corrected chi connectivity index (χ2v) is 9.13. The van der Waals surface area contributed by atoms with Crippen LogP contribution in [0.15, 0.2) is 5.16 Å². The molecule has 0 spiro atoms. The van der Waals surface area contributed by atoms with Gasteiger partial charge in [-0.3, -0.25) is 4.79 Å². The van der Waals surface area contributed by atoms with Crippen LogP contribution in [0, 0.1) is 23.2 Å². The van der Waals surface area contributed by atoms with E-state index in [-0.39, 0.29) is 29.6 Å². The first-order valence-electron chi connectivity index (χ1n) is 9.11. The average Bonchev–Trinajstić information content (AvgIpc) is 2.50. The Kier molecular flexibility index (Phi) is 4.25. The number of carbonyl (C=O) groups is 1. The minimum absolute atomic E-state index is 0.0193. The number of nitrogen functional groups attached to an aromatic ring is 2. The van der Waals surface area contributed by atoms with E-state index in [1.54, 1.807) is 0 Å². The van der Waals surface area contributed by atoms with E-state index in [0.29, 0.717) is 10.6 Å². The zero-order valence-corrected chi connectivity index (χ0v) is 15.4. The Morgan fingerprint density at radius 2 is 1.64 bits per heavy atom. The third kappa shape index (κ3) is 3.41. The van der Waals surface area contributed by atoms with Crippen LogP contribution in [0.25, 0.3) is 0 Å². The van der Waals surface area contributed by atoms with Gasteiger partial charge in [0.2, 0.25) is 17.8 Å². The minimum atomic E-state index is 0.0193. The van der Waals surface area contributed by atoms with Gasteiger partial charge in [0.1, 0.15) is 0 Å². The van der Waals surface area contributed by atoms with Gasteiger partial charge in [-0.05, 0) is 68.6 Å². The Hall–Kier alpha value is -1.57. The molecular weight excluding hydrogens is 336 g/mol. The van der Waals surface area contributed by atoms with E-state index in [2.05, 4.69) is 27.2 Å². The first-order valence-corrected chi connectivity index (χ1v) is 10.1. The normalized spacial score (nSPS) is 34.0. The van der Waals surface area contributed by atoms with E-state index in [1.165, 1.54) is 50.3 Å². The topological polar surface area (TPSA) is 120 Å². The molecule has 0 aromatic carbocycles. The molecule has 136 valence electrons. The van der Waals surface area contributed by atoms with Gasteiger partial charge in [0, 0.05) is 6.04 Å². The smallest absolute Gasteiger partial charge is 0.230 e. The van der Waals surface area contributed by atoms with Crippen molar-refractivity contribution >= 4 is 29.6 Å². The van der Waals surface area contributed by atoms with Crippen LogP contribution in [-0.4, -0.2) is 32.7 Å². The van der Waals surface area contributed by atoms with Crippen molar-refractivity contribution in [1.29, 1.82) is 0 Å². The van der Waals surface area contributed by atoms with Crippen molar-refractivity contribution in [2.45, 2.75) is 56.6 Å². The van der Waals surface area contributed by atoms with Crippen LogP contribution < -0.4 is 16.8 Å². The van der Waals surface area contributed by atoms with Gasteiger partial charge in [-0.2, -0.15) is 15.0 Å². The highest BCUT2D eigenvalue weighted by atomic mass is 32.2. The lowest BCUT2D eigenvalue weighted by Gasteiger charge is -2.59. The number of hydrogen-bond acceptors (Lipinski definition) is 7. The predicted molar refractivity (Wildman–Crippen MR) is 97.6 cm³/mol. The van der Waals surface area contributed by atoms with Gasteiger partial charge < -0.3 is 16.8 Å². The maximum absolute atomic E-state index is 12.4. The molecule has 25 heavy (non-hydrogen) atoms. The molecular formula is C17H26N6OS. The fourth-order valence-electron chi connectivity index (χ4n) is 5.73. The maximum Gasteiger partial charge on any atom is 0.230 e. The Labute approximate surface area is 152 Å². The Morgan fingerprint density at radius 3 is 2.16 bits per heavy atom. The summed E-state index contributed by atoms with van der Waals surface area (Å²) >= 11 is 1.24. The lowest BCUT2D eigenvalue weighted by atomic mass is 9.48. The molecule has 0 saturated heterocycles. The molecule has 1 atom stereocenters. The minimum Gasteiger partial charge on any atom is -0.368 e. The molecule has 5 N–H and O–H groups in total. The van der Waals surface area contributed by atoms with Gasteiger partial charge in [-0.1, -0.05) is 11.8 Å².